The molecule has 2 amide bonds. The van der Waals surface area contributed by atoms with Gasteiger partial charge in [-0.05, 0) is 47.4 Å². The number of halogens is 1. The number of benzene rings is 3. The molecule has 2 N–H and O–H groups in total. The second-order valence-corrected chi connectivity index (χ2v) is 8.30. The van der Waals surface area contributed by atoms with Gasteiger partial charge in [-0.25, -0.2) is 0 Å². The maximum Gasteiger partial charge on any atom is 0.262 e. The molecule has 0 heterocycles. The number of para-hydroxylation sites is 1. The van der Waals surface area contributed by atoms with Crippen LogP contribution in [0.5, 0.6) is 5.75 Å². The van der Waals surface area contributed by atoms with E-state index in [1.165, 1.54) is 0 Å². The Hall–Kier alpha value is -3.12. The van der Waals surface area contributed by atoms with Gasteiger partial charge in [-0.15, -0.1) is 0 Å². The Labute approximate surface area is 191 Å². The number of carbonyl (C=O) groups is 2. The normalized spacial score (nSPS) is 10.6. The largest absolute Gasteiger partial charge is 0.483 e. The van der Waals surface area contributed by atoms with E-state index in [0.717, 1.165) is 15.6 Å². The van der Waals surface area contributed by atoms with Crippen LogP contribution in [0.1, 0.15) is 41.3 Å². The highest BCUT2D eigenvalue weighted by molar-refractivity contribution is 9.10. The van der Waals surface area contributed by atoms with Crippen molar-refractivity contribution in [3.63, 3.8) is 0 Å². The molecule has 31 heavy (non-hydrogen) atoms. The first-order valence-electron chi connectivity index (χ1n) is 10.1. The molecule has 0 unspecified atom stereocenters. The molecule has 0 aliphatic heterocycles. The molecule has 5 nitrogen and oxygen atoms in total. The van der Waals surface area contributed by atoms with Crippen LogP contribution in [0.4, 0.5) is 5.69 Å². The highest BCUT2D eigenvalue weighted by Crippen LogP contribution is 2.29. The molecule has 6 heteroatoms. The Balaban J connectivity index is 1.63. The second kappa shape index (κ2) is 10.8. The van der Waals surface area contributed by atoms with Crippen LogP contribution < -0.4 is 15.4 Å². The molecule has 0 aliphatic rings. The fourth-order valence-corrected chi connectivity index (χ4v) is 3.47. The number of hydrogen-bond donors (Lipinski definition) is 2. The van der Waals surface area contributed by atoms with Crippen molar-refractivity contribution in [2.24, 2.45) is 0 Å². The molecule has 0 aromatic heterocycles. The van der Waals surface area contributed by atoms with E-state index in [-0.39, 0.29) is 24.3 Å². The summed E-state index contributed by atoms with van der Waals surface area (Å²) in [5.41, 5.74) is 2.86. The molecule has 0 spiro atoms. The Bertz CT molecular complexity index is 1050. The lowest BCUT2D eigenvalue weighted by Gasteiger charge is -2.15. The van der Waals surface area contributed by atoms with Crippen LogP contribution in [-0.2, 0) is 11.3 Å². The van der Waals surface area contributed by atoms with Gasteiger partial charge in [0.2, 0.25) is 0 Å². The van der Waals surface area contributed by atoms with Gasteiger partial charge in [0.25, 0.3) is 11.8 Å². The molecule has 0 bridgehead atoms. The summed E-state index contributed by atoms with van der Waals surface area (Å²) in [6.45, 7) is 4.39. The minimum Gasteiger partial charge on any atom is -0.483 e. The van der Waals surface area contributed by atoms with E-state index in [2.05, 4.69) is 40.4 Å². The lowest BCUT2D eigenvalue weighted by molar-refractivity contribution is -0.118. The van der Waals surface area contributed by atoms with E-state index < -0.39 is 0 Å². The molecule has 0 saturated carbocycles. The molecule has 0 saturated heterocycles. The zero-order chi connectivity index (χ0) is 22.2. The Kier molecular flexibility index (Phi) is 7.84. The highest BCUT2D eigenvalue weighted by atomic mass is 79.9. The van der Waals surface area contributed by atoms with Gasteiger partial charge < -0.3 is 15.4 Å². The molecule has 0 aliphatic carbocycles. The molecule has 0 atom stereocenters. The minimum atomic E-state index is -0.332. The molecule has 3 aromatic rings. The summed E-state index contributed by atoms with van der Waals surface area (Å²) in [4.78, 5) is 25.2. The van der Waals surface area contributed by atoms with Gasteiger partial charge in [0.05, 0.1) is 11.3 Å². The number of rotatable bonds is 8. The van der Waals surface area contributed by atoms with Crippen LogP contribution in [0.2, 0.25) is 0 Å². The van der Waals surface area contributed by atoms with E-state index in [9.17, 15) is 9.59 Å². The Morgan fingerprint density at radius 3 is 2.42 bits per heavy atom. The number of hydrogen-bond acceptors (Lipinski definition) is 3. The average molecular weight is 481 g/mol. The molecule has 160 valence electrons. The summed E-state index contributed by atoms with van der Waals surface area (Å²) in [5, 5.41) is 5.67. The SMILES string of the molecule is CC(C)c1cc(Br)ccc1OCC(=O)Nc1ccccc1C(=O)NCc1ccccc1. The van der Waals surface area contributed by atoms with Gasteiger partial charge in [-0.2, -0.15) is 0 Å². The van der Waals surface area contributed by atoms with Crippen LogP contribution in [0.3, 0.4) is 0 Å². The van der Waals surface area contributed by atoms with Crippen molar-refractivity contribution in [3.8, 4) is 5.75 Å². The van der Waals surface area contributed by atoms with Crippen molar-refractivity contribution >= 4 is 33.4 Å². The van der Waals surface area contributed by atoms with Crippen molar-refractivity contribution < 1.29 is 14.3 Å². The fourth-order valence-electron chi connectivity index (χ4n) is 3.10. The Morgan fingerprint density at radius 1 is 0.968 bits per heavy atom. The van der Waals surface area contributed by atoms with Crippen LogP contribution in [0, 0.1) is 0 Å². The zero-order valence-corrected chi connectivity index (χ0v) is 19.1. The summed E-state index contributed by atoms with van der Waals surface area (Å²) < 4.78 is 6.72. The first-order valence-corrected chi connectivity index (χ1v) is 10.9. The molecular formula is C25H25BrN2O3. The van der Waals surface area contributed by atoms with E-state index in [1.54, 1.807) is 24.3 Å². The molecule has 3 rings (SSSR count). The molecule has 0 fully saturated rings. The lowest BCUT2D eigenvalue weighted by atomic mass is 10.0. The van der Waals surface area contributed by atoms with E-state index in [1.807, 2.05) is 48.5 Å². The highest BCUT2D eigenvalue weighted by Gasteiger charge is 2.15. The number of carbonyl (C=O) groups excluding carboxylic acids is 2. The van der Waals surface area contributed by atoms with Gasteiger partial charge >= 0.3 is 0 Å². The van der Waals surface area contributed by atoms with Gasteiger partial charge in [-0.3, -0.25) is 9.59 Å². The Morgan fingerprint density at radius 2 is 1.68 bits per heavy atom. The lowest BCUT2D eigenvalue weighted by Crippen LogP contribution is -2.26. The van der Waals surface area contributed by atoms with Crippen molar-refractivity contribution in [1.82, 2.24) is 5.32 Å². The van der Waals surface area contributed by atoms with Crippen LogP contribution in [-0.4, -0.2) is 18.4 Å². The van der Waals surface area contributed by atoms with Gasteiger partial charge in [0, 0.05) is 11.0 Å². The summed E-state index contributed by atoms with van der Waals surface area (Å²) >= 11 is 3.47. The third-order valence-corrected chi connectivity index (χ3v) is 5.19. The molecular weight excluding hydrogens is 456 g/mol. The number of ether oxygens (including phenoxy) is 1. The second-order valence-electron chi connectivity index (χ2n) is 7.39. The van der Waals surface area contributed by atoms with Gasteiger partial charge in [-0.1, -0.05) is 72.2 Å². The third-order valence-electron chi connectivity index (χ3n) is 4.69. The average Bonchev–Trinajstić information content (AvgIpc) is 2.77. The van der Waals surface area contributed by atoms with Crippen LogP contribution in [0.25, 0.3) is 0 Å². The molecule has 3 aromatic carbocycles. The summed E-state index contributed by atoms with van der Waals surface area (Å²) in [7, 11) is 0. The van der Waals surface area contributed by atoms with Crippen molar-refractivity contribution in [3.05, 3.63) is 94.0 Å². The first-order chi connectivity index (χ1) is 14.9. The number of amides is 2. The van der Waals surface area contributed by atoms with Crippen LogP contribution in [0.15, 0.2) is 77.3 Å². The molecule has 0 radical (unpaired) electrons. The van der Waals surface area contributed by atoms with Crippen LogP contribution >= 0.6 is 15.9 Å². The van der Waals surface area contributed by atoms with Gasteiger partial charge in [0.15, 0.2) is 6.61 Å². The maximum atomic E-state index is 12.7. The van der Waals surface area contributed by atoms with E-state index >= 15 is 0 Å². The summed E-state index contributed by atoms with van der Waals surface area (Å²) in [5.74, 6) is 0.337. The van der Waals surface area contributed by atoms with Crippen molar-refractivity contribution in [2.75, 3.05) is 11.9 Å². The zero-order valence-electron chi connectivity index (χ0n) is 17.5. The predicted octanol–water partition coefficient (Wildman–Crippen LogP) is 5.52. The van der Waals surface area contributed by atoms with E-state index in [0.29, 0.717) is 23.5 Å². The first kappa shape index (κ1) is 22.6. The number of anilines is 1. The van der Waals surface area contributed by atoms with Crippen molar-refractivity contribution in [1.29, 1.82) is 0 Å². The maximum absolute atomic E-state index is 12.7. The third kappa shape index (κ3) is 6.43. The van der Waals surface area contributed by atoms with Crippen molar-refractivity contribution in [2.45, 2.75) is 26.3 Å². The number of nitrogens with one attached hydrogen (secondary N) is 2. The summed E-state index contributed by atoms with van der Waals surface area (Å²) in [6, 6.07) is 22.3. The smallest absolute Gasteiger partial charge is 0.262 e. The van der Waals surface area contributed by atoms with Gasteiger partial charge in [0.1, 0.15) is 5.75 Å². The fraction of sp³-hybridized carbons (Fsp3) is 0.200. The topological polar surface area (TPSA) is 67.4 Å². The summed E-state index contributed by atoms with van der Waals surface area (Å²) in [6.07, 6.45) is 0. The van der Waals surface area contributed by atoms with E-state index in [4.69, 9.17) is 4.74 Å². The standard InChI is InChI=1S/C25H25BrN2O3/c1-17(2)21-14-19(26)12-13-23(21)31-16-24(29)28-22-11-7-6-10-20(22)25(30)27-15-18-8-4-3-5-9-18/h3-14,17H,15-16H2,1-2H3,(H,27,30)(H,28,29). The quantitative estimate of drug-likeness (QED) is 0.445. The predicted molar refractivity (Wildman–Crippen MR) is 126 cm³/mol. The monoisotopic (exact) mass is 480 g/mol. The minimum absolute atomic E-state index is 0.151.